The van der Waals surface area contributed by atoms with Gasteiger partial charge in [-0.25, -0.2) is 4.68 Å². The zero-order chi connectivity index (χ0) is 16.1. The van der Waals surface area contributed by atoms with E-state index in [1.807, 2.05) is 31.2 Å². The van der Waals surface area contributed by atoms with Crippen LogP contribution in [0.15, 0.2) is 34.9 Å². The average Bonchev–Trinajstić information content (AvgIpc) is 2.91. The molecule has 116 valence electrons. The van der Waals surface area contributed by atoms with E-state index in [0.29, 0.717) is 5.69 Å². The van der Waals surface area contributed by atoms with Crippen molar-refractivity contribution in [3.05, 3.63) is 46.2 Å². The highest BCUT2D eigenvalue weighted by atomic mass is 79.9. The van der Waals surface area contributed by atoms with E-state index >= 15 is 0 Å². The molecule has 1 unspecified atom stereocenters. The minimum Gasteiger partial charge on any atom is -0.480 e. The minimum absolute atomic E-state index is 0.130. The number of nitrogens with one attached hydrogen (secondary N) is 1. The number of amides is 1. The van der Waals surface area contributed by atoms with Gasteiger partial charge in [0, 0.05) is 4.47 Å². The number of carbonyl (C=O) groups is 2. The molecular weight excluding hydrogens is 352 g/mol. The topological polar surface area (TPSA) is 97.1 Å². The summed E-state index contributed by atoms with van der Waals surface area (Å²) in [5.74, 6) is -1.42. The van der Waals surface area contributed by atoms with Gasteiger partial charge in [-0.15, -0.1) is 5.10 Å². The fourth-order valence-electron chi connectivity index (χ4n) is 1.87. The second kappa shape index (κ2) is 7.17. The number of carbonyl (C=O) groups excluding carboxylic acids is 1. The van der Waals surface area contributed by atoms with Crippen LogP contribution in [0.3, 0.4) is 0 Å². The summed E-state index contributed by atoms with van der Waals surface area (Å²) < 4.78 is 2.17. The molecule has 0 saturated heterocycles. The monoisotopic (exact) mass is 366 g/mol. The van der Waals surface area contributed by atoms with Gasteiger partial charge in [0.05, 0.1) is 18.7 Å². The van der Waals surface area contributed by atoms with Crippen LogP contribution in [-0.4, -0.2) is 32.0 Å². The number of nitrogens with zero attached hydrogens (tertiary/aromatic N) is 3. The molecule has 0 spiro atoms. The standard InChI is InChI=1S/C14H15BrN4O3/c1-9(10-2-4-11(15)5-3-10)14(22)16-6-12-7-19(18-17-12)8-13(20)21/h2-5,7,9H,6,8H2,1H3,(H,16,22)(H,20,21). The highest BCUT2D eigenvalue weighted by molar-refractivity contribution is 9.10. The van der Waals surface area contributed by atoms with E-state index in [1.165, 1.54) is 10.9 Å². The van der Waals surface area contributed by atoms with Gasteiger partial charge < -0.3 is 10.4 Å². The van der Waals surface area contributed by atoms with Gasteiger partial charge in [-0.3, -0.25) is 9.59 Å². The van der Waals surface area contributed by atoms with Crippen molar-refractivity contribution >= 4 is 27.8 Å². The number of carboxylic acids is 1. The molecular formula is C14H15BrN4O3. The first-order valence-electron chi connectivity index (χ1n) is 6.59. The SMILES string of the molecule is CC(C(=O)NCc1cn(CC(=O)O)nn1)c1ccc(Br)cc1. The molecule has 0 aliphatic rings. The van der Waals surface area contributed by atoms with Gasteiger partial charge in [-0.05, 0) is 24.6 Å². The molecule has 1 aromatic carbocycles. The third kappa shape index (κ3) is 4.39. The van der Waals surface area contributed by atoms with E-state index in [-0.39, 0.29) is 24.9 Å². The number of aromatic nitrogens is 3. The quantitative estimate of drug-likeness (QED) is 0.808. The molecule has 8 heteroatoms. The van der Waals surface area contributed by atoms with E-state index in [9.17, 15) is 9.59 Å². The molecule has 1 amide bonds. The van der Waals surface area contributed by atoms with Crippen LogP contribution in [0.25, 0.3) is 0 Å². The summed E-state index contributed by atoms with van der Waals surface area (Å²) in [6.07, 6.45) is 1.50. The van der Waals surface area contributed by atoms with Gasteiger partial charge in [0.1, 0.15) is 12.2 Å². The van der Waals surface area contributed by atoms with Crippen LogP contribution in [0, 0.1) is 0 Å². The first kappa shape index (κ1) is 16.2. The number of aliphatic carboxylic acids is 1. The molecule has 22 heavy (non-hydrogen) atoms. The zero-order valence-electron chi connectivity index (χ0n) is 11.9. The molecule has 1 atom stereocenters. The molecule has 0 bridgehead atoms. The Hall–Kier alpha value is -2.22. The second-order valence-corrected chi connectivity index (χ2v) is 5.71. The number of hydrogen-bond donors (Lipinski definition) is 2. The number of benzene rings is 1. The third-order valence-electron chi connectivity index (χ3n) is 3.09. The summed E-state index contributed by atoms with van der Waals surface area (Å²) in [5, 5.41) is 18.9. The maximum Gasteiger partial charge on any atom is 0.325 e. The Morgan fingerprint density at radius 3 is 2.68 bits per heavy atom. The molecule has 1 aromatic heterocycles. The fraction of sp³-hybridized carbons (Fsp3) is 0.286. The van der Waals surface area contributed by atoms with Crippen LogP contribution in [0.5, 0.6) is 0 Å². The van der Waals surface area contributed by atoms with Gasteiger partial charge in [-0.1, -0.05) is 33.3 Å². The lowest BCUT2D eigenvalue weighted by Crippen LogP contribution is -2.27. The van der Waals surface area contributed by atoms with Gasteiger partial charge in [0.15, 0.2) is 0 Å². The maximum atomic E-state index is 12.1. The largest absolute Gasteiger partial charge is 0.480 e. The van der Waals surface area contributed by atoms with Gasteiger partial charge in [0.25, 0.3) is 0 Å². The summed E-state index contributed by atoms with van der Waals surface area (Å²) in [7, 11) is 0. The first-order chi connectivity index (χ1) is 10.5. The molecule has 2 rings (SSSR count). The lowest BCUT2D eigenvalue weighted by Gasteiger charge is -2.11. The minimum atomic E-state index is -0.996. The molecule has 2 aromatic rings. The Labute approximate surface area is 135 Å². The summed E-state index contributed by atoms with van der Waals surface area (Å²) in [5.41, 5.74) is 1.42. The molecule has 1 heterocycles. The average molecular weight is 367 g/mol. The van der Waals surface area contributed by atoms with Crippen LogP contribution < -0.4 is 5.32 Å². The van der Waals surface area contributed by atoms with E-state index < -0.39 is 5.97 Å². The van der Waals surface area contributed by atoms with Crippen LogP contribution in [-0.2, 0) is 22.7 Å². The molecule has 0 aliphatic heterocycles. The zero-order valence-corrected chi connectivity index (χ0v) is 13.4. The molecule has 7 nitrogen and oxygen atoms in total. The molecule has 2 N–H and O–H groups in total. The predicted molar refractivity (Wildman–Crippen MR) is 82.1 cm³/mol. The molecule has 0 saturated carbocycles. The van der Waals surface area contributed by atoms with E-state index in [4.69, 9.17) is 5.11 Å². The van der Waals surface area contributed by atoms with Crippen molar-refractivity contribution in [2.45, 2.75) is 25.9 Å². The molecule has 0 aliphatic carbocycles. The Kier molecular flexibility index (Phi) is 5.26. The number of rotatable bonds is 6. The summed E-state index contributed by atoms with van der Waals surface area (Å²) >= 11 is 3.35. The van der Waals surface area contributed by atoms with Crippen molar-refractivity contribution in [2.75, 3.05) is 0 Å². The van der Waals surface area contributed by atoms with Crippen molar-refractivity contribution in [3.8, 4) is 0 Å². The Morgan fingerprint density at radius 1 is 1.36 bits per heavy atom. The summed E-state index contributed by atoms with van der Waals surface area (Å²) in [6.45, 7) is 1.77. The molecule has 0 fully saturated rings. The van der Waals surface area contributed by atoms with Crippen molar-refractivity contribution in [1.29, 1.82) is 0 Å². The second-order valence-electron chi connectivity index (χ2n) is 4.79. The first-order valence-corrected chi connectivity index (χ1v) is 7.39. The number of hydrogen-bond acceptors (Lipinski definition) is 4. The van der Waals surface area contributed by atoms with E-state index in [2.05, 4.69) is 31.6 Å². The lowest BCUT2D eigenvalue weighted by molar-refractivity contribution is -0.138. The number of halogens is 1. The Balaban J connectivity index is 1.90. The highest BCUT2D eigenvalue weighted by Gasteiger charge is 2.15. The molecule has 0 radical (unpaired) electrons. The Bertz CT molecular complexity index is 669. The summed E-state index contributed by atoms with van der Waals surface area (Å²) in [6, 6.07) is 7.54. The van der Waals surface area contributed by atoms with Crippen molar-refractivity contribution in [2.24, 2.45) is 0 Å². The van der Waals surface area contributed by atoms with Gasteiger partial charge in [-0.2, -0.15) is 0 Å². The van der Waals surface area contributed by atoms with Crippen LogP contribution >= 0.6 is 15.9 Å². The normalized spacial score (nSPS) is 11.9. The fourth-order valence-corrected chi connectivity index (χ4v) is 2.13. The van der Waals surface area contributed by atoms with Gasteiger partial charge >= 0.3 is 5.97 Å². The van der Waals surface area contributed by atoms with Crippen LogP contribution in [0.4, 0.5) is 0 Å². The van der Waals surface area contributed by atoms with Crippen LogP contribution in [0.1, 0.15) is 24.1 Å². The van der Waals surface area contributed by atoms with E-state index in [1.54, 1.807) is 0 Å². The van der Waals surface area contributed by atoms with E-state index in [0.717, 1.165) is 10.0 Å². The summed E-state index contributed by atoms with van der Waals surface area (Å²) in [4.78, 5) is 22.7. The smallest absolute Gasteiger partial charge is 0.325 e. The number of carboxylic acid groups (broad SMARTS) is 1. The van der Waals surface area contributed by atoms with Crippen molar-refractivity contribution in [3.63, 3.8) is 0 Å². The predicted octanol–water partition coefficient (Wildman–Crippen LogP) is 1.55. The lowest BCUT2D eigenvalue weighted by atomic mass is 10.0. The highest BCUT2D eigenvalue weighted by Crippen LogP contribution is 2.18. The van der Waals surface area contributed by atoms with Gasteiger partial charge in [0.2, 0.25) is 5.91 Å². The van der Waals surface area contributed by atoms with Crippen LogP contribution in [0.2, 0.25) is 0 Å². The third-order valence-corrected chi connectivity index (χ3v) is 3.62. The maximum absolute atomic E-state index is 12.1. The van der Waals surface area contributed by atoms with Crippen molar-refractivity contribution in [1.82, 2.24) is 20.3 Å². The van der Waals surface area contributed by atoms with Crippen molar-refractivity contribution < 1.29 is 14.7 Å². The Morgan fingerprint density at radius 2 is 2.05 bits per heavy atom.